The van der Waals surface area contributed by atoms with E-state index in [4.69, 9.17) is 15.4 Å². The van der Waals surface area contributed by atoms with Crippen molar-refractivity contribution < 1.29 is 9.21 Å². The summed E-state index contributed by atoms with van der Waals surface area (Å²) < 4.78 is 5.23. The van der Waals surface area contributed by atoms with Crippen LogP contribution in [0, 0.1) is 11.3 Å². The second kappa shape index (κ2) is 6.38. The summed E-state index contributed by atoms with van der Waals surface area (Å²) in [5, 5.41) is 8.69. The number of hydrogen-bond donors (Lipinski definition) is 1. The average Bonchev–Trinajstić information content (AvgIpc) is 2.96. The number of rotatable bonds is 5. The third-order valence-corrected chi connectivity index (χ3v) is 2.71. The summed E-state index contributed by atoms with van der Waals surface area (Å²) in [6.07, 6.45) is 3.23. The van der Waals surface area contributed by atoms with Gasteiger partial charge in [-0.2, -0.15) is 5.26 Å². The van der Waals surface area contributed by atoms with Crippen molar-refractivity contribution in [2.45, 2.75) is 13.0 Å². The van der Waals surface area contributed by atoms with Crippen LogP contribution in [0.15, 0.2) is 41.1 Å². The number of aromatic nitrogens is 1. The summed E-state index contributed by atoms with van der Waals surface area (Å²) in [4.78, 5) is 17.9. The van der Waals surface area contributed by atoms with Crippen LogP contribution in [0.2, 0.25) is 0 Å². The summed E-state index contributed by atoms with van der Waals surface area (Å²) >= 11 is 0. The Hall–Kier alpha value is -2.81. The lowest BCUT2D eigenvalue weighted by atomic mass is 10.2. The second-order valence-corrected chi connectivity index (χ2v) is 4.19. The zero-order chi connectivity index (χ0) is 14.4. The minimum absolute atomic E-state index is 0.251. The first-order valence-corrected chi connectivity index (χ1v) is 6.11. The van der Waals surface area contributed by atoms with Crippen LogP contribution in [0.3, 0.4) is 0 Å². The molecule has 2 N–H and O–H groups in total. The Kier molecular flexibility index (Phi) is 4.35. The molecule has 2 rings (SSSR count). The maximum absolute atomic E-state index is 12.4. The Balaban J connectivity index is 2.15. The maximum Gasteiger partial charge on any atom is 0.272 e. The molecule has 0 fully saturated rings. The quantitative estimate of drug-likeness (QED) is 0.893. The van der Waals surface area contributed by atoms with Crippen LogP contribution < -0.4 is 5.73 Å². The number of furan rings is 1. The minimum Gasteiger partial charge on any atom is -0.467 e. The minimum atomic E-state index is -0.253. The van der Waals surface area contributed by atoms with Gasteiger partial charge in [-0.1, -0.05) is 0 Å². The highest BCUT2D eigenvalue weighted by Crippen LogP contribution is 2.11. The molecule has 0 bridgehead atoms. The highest BCUT2D eigenvalue weighted by molar-refractivity contribution is 5.92. The van der Waals surface area contributed by atoms with Gasteiger partial charge >= 0.3 is 0 Å². The molecular weight excluding hydrogens is 256 g/mol. The first-order chi connectivity index (χ1) is 9.70. The van der Waals surface area contributed by atoms with Gasteiger partial charge in [0.1, 0.15) is 11.5 Å². The highest BCUT2D eigenvalue weighted by atomic mass is 16.3. The van der Waals surface area contributed by atoms with E-state index in [1.807, 2.05) is 6.07 Å². The molecule has 20 heavy (non-hydrogen) atoms. The Morgan fingerprint density at radius 3 is 2.90 bits per heavy atom. The summed E-state index contributed by atoms with van der Waals surface area (Å²) in [6, 6.07) is 8.75. The number of nitrogens with two attached hydrogens (primary N) is 1. The second-order valence-electron chi connectivity index (χ2n) is 4.19. The third kappa shape index (κ3) is 3.36. The number of amides is 1. The van der Waals surface area contributed by atoms with Crippen LogP contribution in [0.1, 0.15) is 22.7 Å². The smallest absolute Gasteiger partial charge is 0.272 e. The number of carbonyl (C=O) groups is 1. The molecule has 0 saturated heterocycles. The van der Waals surface area contributed by atoms with Crippen molar-refractivity contribution in [3.05, 3.63) is 48.2 Å². The number of hydrogen-bond acceptors (Lipinski definition) is 5. The van der Waals surface area contributed by atoms with Crippen LogP contribution in [-0.2, 0) is 6.54 Å². The summed E-state index contributed by atoms with van der Waals surface area (Å²) in [5.41, 5.74) is 6.34. The molecule has 2 aromatic rings. The largest absolute Gasteiger partial charge is 0.467 e. The van der Waals surface area contributed by atoms with Crippen LogP contribution in [0.25, 0.3) is 0 Å². The number of pyridine rings is 1. The molecule has 1 amide bonds. The lowest BCUT2D eigenvalue weighted by Crippen LogP contribution is -2.31. The highest BCUT2D eigenvalue weighted by Gasteiger charge is 2.18. The van der Waals surface area contributed by atoms with Gasteiger partial charge < -0.3 is 15.1 Å². The normalized spacial score (nSPS) is 9.95. The van der Waals surface area contributed by atoms with E-state index in [0.29, 0.717) is 30.2 Å². The SMILES string of the molecule is N#CCCN(Cc1ccco1)C(=O)c1ccc(N)cn1. The number of nitriles is 1. The zero-order valence-electron chi connectivity index (χ0n) is 10.8. The van der Waals surface area contributed by atoms with Crippen molar-refractivity contribution in [1.29, 1.82) is 5.26 Å². The number of nitrogen functional groups attached to an aromatic ring is 1. The van der Waals surface area contributed by atoms with Crippen molar-refractivity contribution in [1.82, 2.24) is 9.88 Å². The first kappa shape index (κ1) is 13.6. The Morgan fingerprint density at radius 1 is 1.45 bits per heavy atom. The molecule has 2 heterocycles. The first-order valence-electron chi connectivity index (χ1n) is 6.11. The van der Waals surface area contributed by atoms with Gasteiger partial charge in [0.2, 0.25) is 0 Å². The molecule has 6 heteroatoms. The van der Waals surface area contributed by atoms with Gasteiger partial charge in [0.15, 0.2) is 0 Å². The number of nitrogens with zero attached hydrogens (tertiary/aromatic N) is 3. The van der Waals surface area contributed by atoms with Gasteiger partial charge in [-0.05, 0) is 24.3 Å². The summed E-state index contributed by atoms with van der Waals surface area (Å²) in [6.45, 7) is 0.627. The van der Waals surface area contributed by atoms with Gasteiger partial charge in [-0.3, -0.25) is 4.79 Å². The van der Waals surface area contributed by atoms with Crippen LogP contribution in [-0.4, -0.2) is 22.3 Å². The van der Waals surface area contributed by atoms with Crippen molar-refractivity contribution in [3.63, 3.8) is 0 Å². The van der Waals surface area contributed by atoms with Crippen molar-refractivity contribution in [2.24, 2.45) is 0 Å². The van der Waals surface area contributed by atoms with Crippen LogP contribution in [0.4, 0.5) is 5.69 Å². The molecule has 6 nitrogen and oxygen atoms in total. The molecule has 2 aromatic heterocycles. The molecule has 102 valence electrons. The molecule has 0 aliphatic carbocycles. The molecule has 0 unspecified atom stereocenters. The molecule has 0 atom stereocenters. The maximum atomic E-state index is 12.4. The third-order valence-electron chi connectivity index (χ3n) is 2.71. The molecule has 0 aromatic carbocycles. The van der Waals surface area contributed by atoms with Gasteiger partial charge in [-0.15, -0.1) is 0 Å². The van der Waals surface area contributed by atoms with Crippen LogP contribution >= 0.6 is 0 Å². The van der Waals surface area contributed by atoms with Crippen molar-refractivity contribution in [2.75, 3.05) is 12.3 Å². The van der Waals surface area contributed by atoms with Gasteiger partial charge in [0.25, 0.3) is 5.91 Å². The molecule has 0 aliphatic rings. The standard InChI is InChI=1S/C14H14N4O2/c15-6-2-7-18(10-12-3-1-8-20-12)14(19)13-5-4-11(16)9-17-13/h1,3-5,8-9H,2,7,10,16H2. The summed E-state index contributed by atoms with van der Waals surface area (Å²) in [5.74, 6) is 0.406. The average molecular weight is 270 g/mol. The lowest BCUT2D eigenvalue weighted by Gasteiger charge is -2.20. The van der Waals surface area contributed by atoms with Crippen molar-refractivity contribution >= 4 is 11.6 Å². The number of carbonyl (C=O) groups excluding carboxylic acids is 1. The molecule has 0 spiro atoms. The predicted octanol–water partition coefficient (Wildman–Crippen LogP) is 1.81. The molecular formula is C14H14N4O2. The van der Waals surface area contributed by atoms with E-state index < -0.39 is 0 Å². The zero-order valence-corrected chi connectivity index (χ0v) is 10.8. The fraction of sp³-hybridized carbons (Fsp3) is 0.214. The van der Waals surface area contributed by atoms with E-state index >= 15 is 0 Å². The van der Waals surface area contributed by atoms with Gasteiger partial charge in [-0.25, -0.2) is 4.98 Å². The fourth-order valence-corrected chi connectivity index (χ4v) is 1.72. The van der Waals surface area contributed by atoms with E-state index in [0.717, 1.165) is 0 Å². The van der Waals surface area contributed by atoms with Gasteiger partial charge in [0.05, 0.1) is 37.2 Å². The lowest BCUT2D eigenvalue weighted by molar-refractivity contribution is 0.0729. The molecule has 0 radical (unpaired) electrons. The van der Waals surface area contributed by atoms with E-state index in [9.17, 15) is 4.79 Å². The Bertz CT molecular complexity index is 599. The van der Waals surface area contributed by atoms with Gasteiger partial charge in [0, 0.05) is 6.54 Å². The predicted molar refractivity (Wildman–Crippen MR) is 72.3 cm³/mol. The Labute approximate surface area is 116 Å². The fourth-order valence-electron chi connectivity index (χ4n) is 1.72. The topological polar surface area (TPSA) is 96.2 Å². The van der Waals surface area contributed by atoms with Crippen LogP contribution in [0.5, 0.6) is 0 Å². The monoisotopic (exact) mass is 270 g/mol. The van der Waals surface area contributed by atoms with E-state index in [1.54, 1.807) is 30.5 Å². The van der Waals surface area contributed by atoms with E-state index in [-0.39, 0.29) is 12.3 Å². The van der Waals surface area contributed by atoms with E-state index in [1.165, 1.54) is 11.1 Å². The van der Waals surface area contributed by atoms with E-state index in [2.05, 4.69) is 4.98 Å². The molecule has 0 saturated carbocycles. The number of anilines is 1. The molecule has 0 aliphatic heterocycles. The summed E-state index contributed by atoms with van der Waals surface area (Å²) in [7, 11) is 0. The Morgan fingerprint density at radius 2 is 2.30 bits per heavy atom. The van der Waals surface area contributed by atoms with Crippen molar-refractivity contribution in [3.8, 4) is 6.07 Å².